The number of ether oxygens (including phenoxy) is 1. The summed E-state index contributed by atoms with van der Waals surface area (Å²) in [5, 5.41) is 0. The summed E-state index contributed by atoms with van der Waals surface area (Å²) in [4.78, 5) is 0. The number of fused-ring (bicyclic) bond motifs is 4. The summed E-state index contributed by atoms with van der Waals surface area (Å²) in [5.41, 5.74) is 0. The van der Waals surface area contributed by atoms with Crippen molar-refractivity contribution in [3.05, 3.63) is 0 Å². The molecule has 0 aliphatic heterocycles. The molecule has 0 aromatic heterocycles. The molecule has 0 spiro atoms. The molecule has 12 aliphatic rings. The maximum atomic E-state index is 7.25. The van der Waals surface area contributed by atoms with Crippen LogP contribution in [-0.2, 0) is 4.74 Å². The second-order valence-corrected chi connectivity index (χ2v) is 28.1. The molecular formula is C64H106O. The minimum Gasteiger partial charge on any atom is -0.375 e. The number of rotatable bonds is 8. The van der Waals surface area contributed by atoms with Crippen LogP contribution in [0.4, 0.5) is 0 Å². The molecule has 368 valence electrons. The summed E-state index contributed by atoms with van der Waals surface area (Å²) in [6.07, 6.45) is 66.7. The van der Waals surface area contributed by atoms with Gasteiger partial charge in [0.05, 0.1) is 12.2 Å². The largest absolute Gasteiger partial charge is 0.375 e. The van der Waals surface area contributed by atoms with Crippen LogP contribution in [0.5, 0.6) is 0 Å². The lowest BCUT2D eigenvalue weighted by Gasteiger charge is -2.61. The summed E-state index contributed by atoms with van der Waals surface area (Å²) in [6.45, 7) is 0. The van der Waals surface area contributed by atoms with Crippen LogP contribution in [0.3, 0.4) is 0 Å². The van der Waals surface area contributed by atoms with Crippen molar-refractivity contribution in [1.82, 2.24) is 0 Å². The average molecular weight is 892 g/mol. The third-order valence-electron chi connectivity index (χ3n) is 25.6. The molecule has 0 heterocycles. The zero-order valence-electron chi connectivity index (χ0n) is 42.8. The van der Waals surface area contributed by atoms with E-state index in [-0.39, 0.29) is 0 Å². The molecule has 0 saturated heterocycles. The monoisotopic (exact) mass is 891 g/mol. The fourth-order valence-electron chi connectivity index (χ4n) is 23.3. The van der Waals surface area contributed by atoms with Crippen LogP contribution in [0.2, 0.25) is 0 Å². The Hall–Kier alpha value is -0.0400. The highest BCUT2D eigenvalue weighted by Gasteiger charge is 2.58. The fourth-order valence-corrected chi connectivity index (χ4v) is 23.3. The molecule has 14 unspecified atom stereocenters. The van der Waals surface area contributed by atoms with E-state index >= 15 is 0 Å². The maximum absolute atomic E-state index is 7.25. The molecule has 0 N–H and O–H groups in total. The second kappa shape index (κ2) is 21.4. The van der Waals surface area contributed by atoms with Crippen LogP contribution >= 0.6 is 0 Å². The molecule has 12 fully saturated rings. The summed E-state index contributed by atoms with van der Waals surface area (Å²) in [5.74, 6) is 21.8. The lowest BCUT2D eigenvalue weighted by molar-refractivity contribution is -0.128. The van der Waals surface area contributed by atoms with Crippen LogP contribution in [0, 0.1) is 118 Å². The highest BCUT2D eigenvalue weighted by atomic mass is 16.5. The number of hydrogen-bond donors (Lipinski definition) is 0. The van der Waals surface area contributed by atoms with Gasteiger partial charge in [-0.2, -0.15) is 0 Å². The Morgan fingerprint density at radius 1 is 0.169 bits per heavy atom. The van der Waals surface area contributed by atoms with E-state index in [1.54, 1.807) is 193 Å². The first-order chi connectivity index (χ1) is 32.2. The topological polar surface area (TPSA) is 9.23 Å². The molecule has 65 heavy (non-hydrogen) atoms. The smallest absolute Gasteiger partial charge is 0.0579 e. The predicted octanol–water partition coefficient (Wildman–Crippen LogP) is 18.6. The van der Waals surface area contributed by atoms with Crippen LogP contribution in [-0.4, -0.2) is 12.2 Å². The standard InChI is InChI=1S/C64H106O/c1-5-17-45(18-6-1)61-53-25-13-15-27-55(53)63(47-21-9-3-10-22-47)59-41-49(33-39-57(59)61)43-29-35-51(36-30-43)65-52-37-31-44(32-38-52)50-34-40-58-60(42-50)64(48-23-11-4-12-24-48)56-28-16-14-26-54(56)62(58)46-19-7-2-8-20-46/h43-64H,1-42H2. The van der Waals surface area contributed by atoms with Crippen molar-refractivity contribution in [2.45, 2.75) is 282 Å². The molecule has 0 bridgehead atoms. The minimum atomic E-state index is 0.585. The van der Waals surface area contributed by atoms with E-state index in [4.69, 9.17) is 4.74 Å². The van der Waals surface area contributed by atoms with E-state index in [9.17, 15) is 0 Å². The normalized spacial score (nSPS) is 48.9. The van der Waals surface area contributed by atoms with Gasteiger partial charge in [-0.1, -0.05) is 154 Å². The molecule has 0 aromatic rings. The molecular weight excluding hydrogens is 785 g/mol. The van der Waals surface area contributed by atoms with Gasteiger partial charge >= 0.3 is 0 Å². The SMILES string of the molecule is C1CCC(C2C3CCCCC3C(C3CCCCC3)C3CC(C4CCC(OC5CCC(C6CCC7C(C6)C(C6CCCCC6)C6CCCCC6C7C6CCCCC6)CC5)CC4)CCC32)CC1. The summed E-state index contributed by atoms with van der Waals surface area (Å²) < 4.78 is 7.25. The average Bonchev–Trinajstić information content (AvgIpc) is 3.38. The summed E-state index contributed by atoms with van der Waals surface area (Å²) in [6, 6.07) is 0. The van der Waals surface area contributed by atoms with Crippen LogP contribution < -0.4 is 0 Å². The molecule has 1 nitrogen and oxygen atoms in total. The Bertz CT molecular complexity index is 1330. The van der Waals surface area contributed by atoms with Gasteiger partial charge < -0.3 is 4.74 Å². The first-order valence-electron chi connectivity index (χ1n) is 31.9. The quantitative estimate of drug-likeness (QED) is 0.236. The van der Waals surface area contributed by atoms with Crippen LogP contribution in [0.1, 0.15) is 270 Å². The zero-order valence-corrected chi connectivity index (χ0v) is 42.8. The van der Waals surface area contributed by atoms with E-state index in [2.05, 4.69) is 0 Å². The highest BCUT2D eigenvalue weighted by Crippen LogP contribution is 2.66. The van der Waals surface area contributed by atoms with Crippen molar-refractivity contribution >= 4 is 0 Å². The third kappa shape index (κ3) is 9.60. The van der Waals surface area contributed by atoms with E-state index in [0.29, 0.717) is 12.2 Å². The summed E-state index contributed by atoms with van der Waals surface area (Å²) >= 11 is 0. The van der Waals surface area contributed by atoms with Gasteiger partial charge in [-0.15, -0.1) is 0 Å². The van der Waals surface area contributed by atoms with Gasteiger partial charge in [-0.05, 0) is 234 Å². The lowest BCUT2D eigenvalue weighted by atomic mass is 9.44. The van der Waals surface area contributed by atoms with Crippen molar-refractivity contribution in [1.29, 1.82) is 0 Å². The maximum Gasteiger partial charge on any atom is 0.0579 e. The Morgan fingerprint density at radius 2 is 0.415 bits per heavy atom. The second-order valence-electron chi connectivity index (χ2n) is 28.1. The Balaban J connectivity index is 0.660. The van der Waals surface area contributed by atoms with Gasteiger partial charge in [-0.3, -0.25) is 0 Å². The summed E-state index contributed by atoms with van der Waals surface area (Å²) in [7, 11) is 0. The highest BCUT2D eigenvalue weighted by molar-refractivity contribution is 5.07. The van der Waals surface area contributed by atoms with E-state index in [1.165, 1.54) is 77.0 Å². The first kappa shape index (κ1) is 46.1. The van der Waals surface area contributed by atoms with Crippen molar-refractivity contribution in [2.24, 2.45) is 118 Å². The van der Waals surface area contributed by atoms with Crippen molar-refractivity contribution in [3.63, 3.8) is 0 Å². The minimum absolute atomic E-state index is 0.585. The molecule has 0 aromatic carbocycles. The van der Waals surface area contributed by atoms with Crippen molar-refractivity contribution in [2.75, 3.05) is 0 Å². The van der Waals surface area contributed by atoms with Gasteiger partial charge in [0.1, 0.15) is 0 Å². The van der Waals surface area contributed by atoms with Crippen molar-refractivity contribution in [3.8, 4) is 0 Å². The van der Waals surface area contributed by atoms with Crippen LogP contribution in [0.25, 0.3) is 0 Å². The third-order valence-corrected chi connectivity index (χ3v) is 25.6. The molecule has 12 rings (SSSR count). The lowest BCUT2D eigenvalue weighted by Crippen LogP contribution is -2.54. The molecule has 0 radical (unpaired) electrons. The Morgan fingerprint density at radius 3 is 0.723 bits per heavy atom. The van der Waals surface area contributed by atoms with Crippen molar-refractivity contribution < 1.29 is 4.74 Å². The van der Waals surface area contributed by atoms with Gasteiger partial charge in [0.25, 0.3) is 0 Å². The molecule has 1 heteroatoms. The van der Waals surface area contributed by atoms with E-state index in [0.717, 1.165) is 118 Å². The fraction of sp³-hybridized carbons (Fsp3) is 1.00. The Labute approximate surface area is 403 Å². The molecule has 12 aliphatic carbocycles. The van der Waals surface area contributed by atoms with Gasteiger partial charge in [0.15, 0.2) is 0 Å². The Kier molecular flexibility index (Phi) is 15.1. The number of hydrogen-bond acceptors (Lipinski definition) is 1. The van der Waals surface area contributed by atoms with Crippen LogP contribution in [0.15, 0.2) is 0 Å². The van der Waals surface area contributed by atoms with Gasteiger partial charge in [-0.25, -0.2) is 0 Å². The van der Waals surface area contributed by atoms with E-state index in [1.807, 2.05) is 0 Å². The van der Waals surface area contributed by atoms with Gasteiger partial charge in [0, 0.05) is 0 Å². The first-order valence-corrected chi connectivity index (χ1v) is 31.9. The molecule has 12 saturated carbocycles. The molecule has 14 atom stereocenters. The van der Waals surface area contributed by atoms with E-state index < -0.39 is 0 Å². The van der Waals surface area contributed by atoms with Gasteiger partial charge in [0.2, 0.25) is 0 Å². The predicted molar refractivity (Wildman–Crippen MR) is 272 cm³/mol. The zero-order chi connectivity index (χ0) is 43.1. The molecule has 0 amide bonds.